The average Bonchev–Trinajstić information content (AvgIpc) is 2.45. The van der Waals surface area contributed by atoms with E-state index in [0.717, 1.165) is 42.8 Å². The Hall–Kier alpha value is -1.78. The van der Waals surface area contributed by atoms with Gasteiger partial charge in [-0.05, 0) is 64.2 Å². The molecule has 0 aromatic carbocycles. The maximum atomic E-state index is 12.5. The average molecular weight is 319 g/mol. The summed E-state index contributed by atoms with van der Waals surface area (Å²) in [5.74, 6) is 0.966. The first-order valence-corrected chi connectivity index (χ1v) is 8.32. The van der Waals surface area contributed by atoms with Crippen molar-refractivity contribution in [2.45, 2.75) is 58.6 Å². The monoisotopic (exact) mass is 319 g/mol. The van der Waals surface area contributed by atoms with E-state index in [1.807, 2.05) is 50.9 Å². The summed E-state index contributed by atoms with van der Waals surface area (Å²) in [7, 11) is 3.98. The molecule has 1 aromatic rings. The van der Waals surface area contributed by atoms with Gasteiger partial charge in [-0.2, -0.15) is 0 Å². The predicted octanol–water partition coefficient (Wildman–Crippen LogP) is 3.92. The molecular formula is C18H29N3O2. The Balaban J connectivity index is 2.24. The van der Waals surface area contributed by atoms with Gasteiger partial charge in [-0.3, -0.25) is 0 Å². The number of ether oxygens (including phenoxy) is 1. The van der Waals surface area contributed by atoms with Crippen LogP contribution in [0.5, 0.6) is 0 Å². The molecule has 1 fully saturated rings. The van der Waals surface area contributed by atoms with Crippen molar-refractivity contribution in [3.8, 4) is 0 Å². The molecule has 1 aliphatic heterocycles. The van der Waals surface area contributed by atoms with Crippen LogP contribution in [0.15, 0.2) is 12.3 Å². The number of likely N-dealkylation sites (tertiary alicyclic amines) is 1. The van der Waals surface area contributed by atoms with Crippen molar-refractivity contribution in [2.24, 2.45) is 0 Å². The van der Waals surface area contributed by atoms with E-state index in [0.29, 0.717) is 0 Å². The van der Waals surface area contributed by atoms with Gasteiger partial charge in [-0.1, -0.05) is 0 Å². The molecule has 5 nitrogen and oxygen atoms in total. The Kier molecular flexibility index (Phi) is 5.17. The van der Waals surface area contributed by atoms with Gasteiger partial charge < -0.3 is 14.5 Å². The lowest BCUT2D eigenvalue weighted by Gasteiger charge is -2.37. The summed E-state index contributed by atoms with van der Waals surface area (Å²) in [6.45, 7) is 8.52. The van der Waals surface area contributed by atoms with Crippen LogP contribution in [0.1, 0.15) is 57.2 Å². The minimum Gasteiger partial charge on any atom is -0.444 e. The number of aromatic nitrogens is 1. The SMILES string of the molecule is Cc1cc([C@@H]2CCCCN2C(=O)OC(C)(C)C)cnc1N(C)C. The summed E-state index contributed by atoms with van der Waals surface area (Å²) < 4.78 is 5.58. The first-order valence-electron chi connectivity index (χ1n) is 8.32. The molecule has 0 spiro atoms. The number of piperidine rings is 1. The van der Waals surface area contributed by atoms with Crippen LogP contribution in [-0.4, -0.2) is 42.2 Å². The summed E-state index contributed by atoms with van der Waals surface area (Å²) in [6.07, 6.45) is 4.78. The fourth-order valence-corrected chi connectivity index (χ4v) is 3.06. The molecule has 1 aromatic heterocycles. The van der Waals surface area contributed by atoms with Crippen molar-refractivity contribution >= 4 is 11.9 Å². The van der Waals surface area contributed by atoms with E-state index in [-0.39, 0.29) is 12.1 Å². The Labute approximate surface area is 139 Å². The zero-order valence-corrected chi connectivity index (χ0v) is 15.2. The van der Waals surface area contributed by atoms with Crippen LogP contribution in [0.25, 0.3) is 0 Å². The van der Waals surface area contributed by atoms with E-state index in [1.54, 1.807) is 0 Å². The number of nitrogens with zero attached hydrogens (tertiary/aromatic N) is 3. The zero-order chi connectivity index (χ0) is 17.2. The van der Waals surface area contributed by atoms with Crippen molar-refractivity contribution in [2.75, 3.05) is 25.5 Å². The lowest BCUT2D eigenvalue weighted by atomic mass is 9.96. The van der Waals surface area contributed by atoms with Gasteiger partial charge in [-0.15, -0.1) is 0 Å². The molecule has 0 unspecified atom stereocenters. The quantitative estimate of drug-likeness (QED) is 0.829. The van der Waals surface area contributed by atoms with E-state index < -0.39 is 5.60 Å². The lowest BCUT2D eigenvalue weighted by Crippen LogP contribution is -2.41. The molecule has 128 valence electrons. The number of hydrogen-bond donors (Lipinski definition) is 0. The largest absolute Gasteiger partial charge is 0.444 e. The molecule has 0 bridgehead atoms. The second-order valence-electron chi connectivity index (χ2n) is 7.49. The van der Waals surface area contributed by atoms with Crippen LogP contribution in [0.4, 0.5) is 10.6 Å². The molecule has 0 N–H and O–H groups in total. The molecule has 2 rings (SSSR count). The van der Waals surface area contributed by atoms with E-state index in [9.17, 15) is 4.79 Å². The Morgan fingerprint density at radius 2 is 2.04 bits per heavy atom. The Bertz CT molecular complexity index is 564. The highest BCUT2D eigenvalue weighted by molar-refractivity contribution is 5.69. The third-order valence-corrected chi connectivity index (χ3v) is 4.01. The van der Waals surface area contributed by atoms with Crippen molar-refractivity contribution in [1.82, 2.24) is 9.88 Å². The number of carbonyl (C=O) groups excluding carboxylic acids is 1. The van der Waals surface area contributed by atoms with E-state index in [4.69, 9.17) is 4.74 Å². The summed E-state index contributed by atoms with van der Waals surface area (Å²) in [6, 6.07) is 2.20. The number of pyridine rings is 1. The van der Waals surface area contributed by atoms with Gasteiger partial charge >= 0.3 is 6.09 Å². The van der Waals surface area contributed by atoms with Crippen LogP contribution < -0.4 is 4.90 Å². The molecule has 5 heteroatoms. The first-order chi connectivity index (χ1) is 10.7. The number of carbonyl (C=O) groups is 1. The van der Waals surface area contributed by atoms with Crippen molar-refractivity contribution in [1.29, 1.82) is 0 Å². The van der Waals surface area contributed by atoms with Crippen molar-refractivity contribution in [3.63, 3.8) is 0 Å². The highest BCUT2D eigenvalue weighted by Crippen LogP contribution is 2.33. The molecule has 0 aliphatic carbocycles. The molecule has 0 saturated carbocycles. The predicted molar refractivity (Wildman–Crippen MR) is 92.8 cm³/mol. The minimum absolute atomic E-state index is 0.0565. The van der Waals surface area contributed by atoms with Crippen LogP contribution in [0, 0.1) is 6.92 Å². The third kappa shape index (κ3) is 4.36. The molecule has 1 amide bonds. The fraction of sp³-hybridized carbons (Fsp3) is 0.667. The van der Waals surface area contributed by atoms with Gasteiger partial charge in [-0.25, -0.2) is 9.78 Å². The zero-order valence-electron chi connectivity index (χ0n) is 15.2. The highest BCUT2D eigenvalue weighted by Gasteiger charge is 2.31. The van der Waals surface area contributed by atoms with Gasteiger partial charge in [0.15, 0.2) is 0 Å². The van der Waals surface area contributed by atoms with Crippen LogP contribution in [0.2, 0.25) is 0 Å². The van der Waals surface area contributed by atoms with Gasteiger partial charge in [0.1, 0.15) is 11.4 Å². The molecule has 1 atom stereocenters. The number of anilines is 1. The molecular weight excluding hydrogens is 290 g/mol. The Morgan fingerprint density at radius 1 is 1.35 bits per heavy atom. The van der Waals surface area contributed by atoms with Crippen LogP contribution >= 0.6 is 0 Å². The van der Waals surface area contributed by atoms with E-state index >= 15 is 0 Å². The normalized spacial score (nSPS) is 18.7. The highest BCUT2D eigenvalue weighted by atomic mass is 16.6. The van der Waals surface area contributed by atoms with Gasteiger partial charge in [0.05, 0.1) is 6.04 Å². The summed E-state index contributed by atoms with van der Waals surface area (Å²) >= 11 is 0. The summed E-state index contributed by atoms with van der Waals surface area (Å²) in [4.78, 5) is 21.0. The van der Waals surface area contributed by atoms with Gasteiger partial charge in [0.25, 0.3) is 0 Å². The maximum Gasteiger partial charge on any atom is 0.410 e. The lowest BCUT2D eigenvalue weighted by molar-refractivity contribution is 0.00947. The molecule has 1 saturated heterocycles. The molecule has 0 radical (unpaired) electrons. The number of hydrogen-bond acceptors (Lipinski definition) is 4. The van der Waals surface area contributed by atoms with Gasteiger partial charge in [0.2, 0.25) is 0 Å². The molecule has 23 heavy (non-hydrogen) atoms. The second-order valence-corrected chi connectivity index (χ2v) is 7.49. The van der Waals surface area contributed by atoms with Crippen LogP contribution in [-0.2, 0) is 4.74 Å². The minimum atomic E-state index is -0.470. The summed E-state index contributed by atoms with van der Waals surface area (Å²) in [5, 5.41) is 0. The first kappa shape index (κ1) is 17.6. The fourth-order valence-electron chi connectivity index (χ4n) is 3.06. The van der Waals surface area contributed by atoms with Crippen molar-refractivity contribution < 1.29 is 9.53 Å². The maximum absolute atomic E-state index is 12.5. The van der Waals surface area contributed by atoms with E-state index in [1.165, 1.54) is 0 Å². The number of amides is 1. The standard InChI is InChI=1S/C18H29N3O2/c1-13-11-14(12-19-16(13)20(5)6)15-9-7-8-10-21(15)17(22)23-18(2,3)4/h11-12,15H,7-10H2,1-6H3/t15-/m0/s1. The molecule has 2 heterocycles. The third-order valence-electron chi connectivity index (χ3n) is 4.01. The number of aryl methyl sites for hydroxylation is 1. The smallest absolute Gasteiger partial charge is 0.410 e. The summed E-state index contributed by atoms with van der Waals surface area (Å²) in [5.41, 5.74) is 1.75. The number of rotatable bonds is 2. The Morgan fingerprint density at radius 3 is 2.61 bits per heavy atom. The topological polar surface area (TPSA) is 45.7 Å². The van der Waals surface area contributed by atoms with Gasteiger partial charge in [0, 0.05) is 26.8 Å². The second kappa shape index (κ2) is 6.77. The van der Waals surface area contributed by atoms with E-state index in [2.05, 4.69) is 18.0 Å². The molecule has 1 aliphatic rings. The van der Waals surface area contributed by atoms with Crippen molar-refractivity contribution in [3.05, 3.63) is 23.4 Å². The van der Waals surface area contributed by atoms with Crippen LogP contribution in [0.3, 0.4) is 0 Å².